The zero-order chi connectivity index (χ0) is 17.6. The van der Waals surface area contributed by atoms with E-state index in [1.807, 2.05) is 35.2 Å². The van der Waals surface area contributed by atoms with E-state index in [2.05, 4.69) is 12.2 Å². The molecular weight excluding hydrogens is 314 g/mol. The summed E-state index contributed by atoms with van der Waals surface area (Å²) in [5.74, 6) is 0.852. The van der Waals surface area contributed by atoms with Crippen molar-refractivity contribution in [2.45, 2.75) is 38.6 Å². The number of piperazine rings is 1. The van der Waals surface area contributed by atoms with Gasteiger partial charge in [-0.1, -0.05) is 38.0 Å². The predicted octanol–water partition coefficient (Wildman–Crippen LogP) is 0.722. The second kappa shape index (κ2) is 8.48. The molecule has 0 radical (unpaired) electrons. The van der Waals surface area contributed by atoms with Gasteiger partial charge in [-0.2, -0.15) is 0 Å². The Labute approximate surface area is 150 Å². The van der Waals surface area contributed by atoms with Crippen LogP contribution in [0.15, 0.2) is 30.3 Å². The lowest BCUT2D eigenvalue weighted by Gasteiger charge is -2.33. The molecular formula is C20H30N3O2+. The molecule has 25 heavy (non-hydrogen) atoms. The molecule has 1 aromatic carbocycles. The van der Waals surface area contributed by atoms with Crippen molar-refractivity contribution in [2.24, 2.45) is 5.92 Å². The lowest BCUT2D eigenvalue weighted by molar-refractivity contribution is -0.896. The molecule has 1 aromatic rings. The second-order valence-electron chi connectivity index (χ2n) is 7.52. The van der Waals surface area contributed by atoms with Gasteiger partial charge in [-0.15, -0.1) is 0 Å². The minimum atomic E-state index is 0.0973. The highest BCUT2D eigenvalue weighted by Gasteiger charge is 2.28. The topological polar surface area (TPSA) is 53.9 Å². The Bertz CT molecular complexity index is 582. The first kappa shape index (κ1) is 17.9. The summed E-state index contributed by atoms with van der Waals surface area (Å²) in [6.07, 6.45) is 4.85. The van der Waals surface area contributed by atoms with Crippen LogP contribution in [0.4, 0.5) is 0 Å². The number of carbonyl (C=O) groups is 2. The standard InChI is InChI=1S/C20H29N3O2/c1-16-7-5-6-10-18(16)21-19(24)15-22-11-13-23(14-12-22)20(25)17-8-3-2-4-9-17/h2-4,8-9,16,18H,5-7,10-15H2,1H3,(H,21,24)/p+1/t16-,18-/m1/s1. The molecule has 2 N–H and O–H groups in total. The third-order valence-electron chi connectivity index (χ3n) is 5.65. The zero-order valence-electron chi connectivity index (χ0n) is 15.2. The second-order valence-corrected chi connectivity index (χ2v) is 7.52. The molecule has 2 amide bonds. The van der Waals surface area contributed by atoms with Gasteiger partial charge < -0.3 is 15.1 Å². The average Bonchev–Trinajstić information content (AvgIpc) is 2.64. The van der Waals surface area contributed by atoms with E-state index < -0.39 is 0 Å². The van der Waals surface area contributed by atoms with Crippen LogP contribution in [-0.2, 0) is 4.79 Å². The molecule has 2 aliphatic rings. The molecule has 5 nitrogen and oxygen atoms in total. The van der Waals surface area contributed by atoms with Crippen molar-refractivity contribution >= 4 is 11.8 Å². The van der Waals surface area contributed by atoms with E-state index in [9.17, 15) is 9.59 Å². The van der Waals surface area contributed by atoms with Crippen molar-refractivity contribution in [3.63, 3.8) is 0 Å². The Morgan fingerprint density at radius 1 is 1.12 bits per heavy atom. The Morgan fingerprint density at radius 3 is 2.48 bits per heavy atom. The highest BCUT2D eigenvalue weighted by atomic mass is 16.2. The summed E-state index contributed by atoms with van der Waals surface area (Å²) in [6, 6.07) is 9.78. The molecule has 0 spiro atoms. The number of hydrogen-bond donors (Lipinski definition) is 2. The SMILES string of the molecule is C[C@@H]1CCCC[C@H]1NC(=O)C[NH+]1CCN(C(=O)c2ccccc2)CC1. The van der Waals surface area contributed by atoms with Crippen molar-refractivity contribution in [3.8, 4) is 0 Å². The van der Waals surface area contributed by atoms with Gasteiger partial charge >= 0.3 is 0 Å². The van der Waals surface area contributed by atoms with E-state index in [4.69, 9.17) is 0 Å². The molecule has 0 unspecified atom stereocenters. The Hall–Kier alpha value is -1.88. The van der Waals surface area contributed by atoms with Gasteiger partial charge in [0.1, 0.15) is 0 Å². The summed E-state index contributed by atoms with van der Waals surface area (Å²) >= 11 is 0. The van der Waals surface area contributed by atoms with Crippen LogP contribution in [0.1, 0.15) is 43.0 Å². The van der Waals surface area contributed by atoms with E-state index in [0.29, 0.717) is 18.5 Å². The van der Waals surface area contributed by atoms with E-state index in [-0.39, 0.29) is 11.8 Å². The average molecular weight is 344 g/mol. The van der Waals surface area contributed by atoms with Gasteiger partial charge in [0.25, 0.3) is 11.8 Å². The van der Waals surface area contributed by atoms with Crippen LogP contribution in [0.2, 0.25) is 0 Å². The molecule has 1 heterocycles. The largest absolute Gasteiger partial charge is 0.348 e. The highest BCUT2D eigenvalue weighted by molar-refractivity contribution is 5.94. The van der Waals surface area contributed by atoms with Crippen molar-refractivity contribution < 1.29 is 14.5 Å². The maximum absolute atomic E-state index is 12.5. The molecule has 0 aromatic heterocycles. The fourth-order valence-corrected chi connectivity index (χ4v) is 3.98. The fraction of sp³-hybridized carbons (Fsp3) is 0.600. The number of nitrogens with one attached hydrogen (secondary N) is 2. The lowest BCUT2D eigenvalue weighted by atomic mass is 9.86. The number of hydrogen-bond acceptors (Lipinski definition) is 2. The third kappa shape index (κ3) is 4.82. The minimum Gasteiger partial charge on any atom is -0.348 e. The number of rotatable bonds is 4. The third-order valence-corrected chi connectivity index (χ3v) is 5.65. The number of quaternary nitrogens is 1. The van der Waals surface area contributed by atoms with E-state index in [0.717, 1.165) is 38.2 Å². The summed E-state index contributed by atoms with van der Waals surface area (Å²) in [7, 11) is 0. The molecule has 1 aliphatic heterocycles. The van der Waals surface area contributed by atoms with Gasteiger partial charge in [-0.05, 0) is 30.9 Å². The van der Waals surface area contributed by atoms with Crippen LogP contribution in [0, 0.1) is 5.92 Å². The lowest BCUT2D eigenvalue weighted by Crippen LogP contribution is -3.16. The van der Waals surface area contributed by atoms with E-state index in [1.165, 1.54) is 24.2 Å². The van der Waals surface area contributed by atoms with Gasteiger partial charge in [0.15, 0.2) is 6.54 Å². The van der Waals surface area contributed by atoms with Crippen LogP contribution < -0.4 is 10.2 Å². The molecule has 5 heteroatoms. The van der Waals surface area contributed by atoms with Crippen molar-refractivity contribution in [2.75, 3.05) is 32.7 Å². The van der Waals surface area contributed by atoms with Gasteiger partial charge in [-0.25, -0.2) is 0 Å². The number of benzene rings is 1. The summed E-state index contributed by atoms with van der Waals surface area (Å²) < 4.78 is 0. The number of carbonyl (C=O) groups excluding carboxylic acids is 2. The maximum Gasteiger partial charge on any atom is 0.275 e. The van der Waals surface area contributed by atoms with Crippen LogP contribution in [0.5, 0.6) is 0 Å². The first-order valence-corrected chi connectivity index (χ1v) is 9.61. The normalized spacial score (nSPS) is 24.8. The summed E-state index contributed by atoms with van der Waals surface area (Å²) in [5.41, 5.74) is 0.745. The molecule has 1 aliphatic carbocycles. The van der Waals surface area contributed by atoms with Crippen molar-refractivity contribution in [1.82, 2.24) is 10.2 Å². The van der Waals surface area contributed by atoms with Crippen molar-refractivity contribution in [1.29, 1.82) is 0 Å². The fourth-order valence-electron chi connectivity index (χ4n) is 3.98. The molecule has 136 valence electrons. The summed E-state index contributed by atoms with van der Waals surface area (Å²) in [6.45, 7) is 5.88. The van der Waals surface area contributed by atoms with Gasteiger partial charge in [0, 0.05) is 11.6 Å². The molecule has 2 fully saturated rings. The number of amides is 2. The van der Waals surface area contributed by atoms with Gasteiger partial charge in [-0.3, -0.25) is 9.59 Å². The Morgan fingerprint density at radius 2 is 1.80 bits per heavy atom. The predicted molar refractivity (Wildman–Crippen MR) is 97.5 cm³/mol. The molecule has 2 atom stereocenters. The molecule has 3 rings (SSSR count). The Balaban J connectivity index is 1.43. The minimum absolute atomic E-state index is 0.0973. The van der Waals surface area contributed by atoms with E-state index >= 15 is 0 Å². The van der Waals surface area contributed by atoms with Crippen molar-refractivity contribution in [3.05, 3.63) is 35.9 Å². The summed E-state index contributed by atoms with van der Waals surface area (Å²) in [5, 5.41) is 3.24. The zero-order valence-corrected chi connectivity index (χ0v) is 15.2. The Kier molecular flexibility index (Phi) is 6.08. The van der Waals surface area contributed by atoms with Crippen LogP contribution in [0.3, 0.4) is 0 Å². The molecule has 0 bridgehead atoms. The van der Waals surface area contributed by atoms with Crippen LogP contribution in [0.25, 0.3) is 0 Å². The smallest absolute Gasteiger partial charge is 0.275 e. The molecule has 1 saturated heterocycles. The molecule has 1 saturated carbocycles. The highest BCUT2D eigenvalue weighted by Crippen LogP contribution is 2.23. The first-order chi connectivity index (χ1) is 12.1. The summed E-state index contributed by atoms with van der Waals surface area (Å²) in [4.78, 5) is 28.0. The van der Waals surface area contributed by atoms with Crippen LogP contribution >= 0.6 is 0 Å². The van der Waals surface area contributed by atoms with Crippen LogP contribution in [-0.4, -0.2) is 55.5 Å². The van der Waals surface area contributed by atoms with Gasteiger partial charge in [0.05, 0.1) is 26.2 Å². The quantitative estimate of drug-likeness (QED) is 0.846. The van der Waals surface area contributed by atoms with Gasteiger partial charge in [0.2, 0.25) is 0 Å². The first-order valence-electron chi connectivity index (χ1n) is 9.61. The number of nitrogens with zero attached hydrogens (tertiary/aromatic N) is 1. The monoisotopic (exact) mass is 344 g/mol. The maximum atomic E-state index is 12.5. The van der Waals surface area contributed by atoms with E-state index in [1.54, 1.807) is 0 Å².